The zero-order valence-corrected chi connectivity index (χ0v) is 14.6. The van der Waals surface area contributed by atoms with Crippen LogP contribution in [0.3, 0.4) is 0 Å². The first-order valence-corrected chi connectivity index (χ1v) is 7.74. The Labute approximate surface area is 137 Å². The molecule has 1 heterocycles. The predicted molar refractivity (Wildman–Crippen MR) is 90.4 cm³/mol. The van der Waals surface area contributed by atoms with Crippen molar-refractivity contribution in [2.24, 2.45) is 0 Å². The summed E-state index contributed by atoms with van der Waals surface area (Å²) in [5, 5.41) is 10.5. The average molecular weight is 399 g/mol. The lowest BCUT2D eigenvalue weighted by Crippen LogP contribution is -2.28. The molecule has 0 saturated carbocycles. The van der Waals surface area contributed by atoms with Crippen LogP contribution in [-0.2, 0) is 9.53 Å². The summed E-state index contributed by atoms with van der Waals surface area (Å²) in [7, 11) is 0. The summed E-state index contributed by atoms with van der Waals surface area (Å²) in [4.78, 5) is 16.2. The van der Waals surface area contributed by atoms with Gasteiger partial charge in [0.15, 0.2) is 6.10 Å². The topological polar surface area (TPSA) is 59.4 Å². The highest BCUT2D eigenvalue weighted by Gasteiger charge is 2.31. The largest absolute Gasteiger partial charge is 0.479 e. The maximum absolute atomic E-state index is 11.7. The van der Waals surface area contributed by atoms with Crippen molar-refractivity contribution in [1.29, 1.82) is 0 Å². The van der Waals surface area contributed by atoms with E-state index in [0.29, 0.717) is 11.3 Å². The van der Waals surface area contributed by atoms with Gasteiger partial charge in [0, 0.05) is 20.2 Å². The standard InChI is InChI=1S/C16H18INO3/c1-9-12(14(15(19)20)21-16(2,3)4)13(17)10-7-5-6-8-11(10)18-9/h5-8,14H,1-4H3,(H,19,20)/t14-/m0/s1. The Morgan fingerprint density at radius 2 is 1.95 bits per heavy atom. The van der Waals surface area contributed by atoms with E-state index in [-0.39, 0.29) is 0 Å². The number of carboxylic acids is 1. The van der Waals surface area contributed by atoms with Crippen molar-refractivity contribution in [3.63, 3.8) is 0 Å². The Hall–Kier alpha value is -1.21. The van der Waals surface area contributed by atoms with Gasteiger partial charge in [-0.2, -0.15) is 0 Å². The second-order valence-electron chi connectivity index (χ2n) is 5.89. The monoisotopic (exact) mass is 399 g/mol. The van der Waals surface area contributed by atoms with E-state index in [4.69, 9.17) is 4.74 Å². The maximum atomic E-state index is 11.7. The molecule has 1 atom stereocenters. The number of hydrogen-bond donors (Lipinski definition) is 1. The maximum Gasteiger partial charge on any atom is 0.337 e. The number of carboxylic acid groups (broad SMARTS) is 1. The normalized spacial score (nSPS) is 13.4. The number of aryl methyl sites for hydroxylation is 1. The van der Waals surface area contributed by atoms with Crippen molar-refractivity contribution in [3.8, 4) is 0 Å². The molecule has 112 valence electrons. The van der Waals surface area contributed by atoms with Gasteiger partial charge in [0.1, 0.15) is 0 Å². The van der Waals surface area contributed by atoms with Crippen LogP contribution in [0.4, 0.5) is 0 Å². The Bertz CT molecular complexity index is 692. The Balaban J connectivity index is 2.65. The van der Waals surface area contributed by atoms with Crippen molar-refractivity contribution in [2.45, 2.75) is 39.4 Å². The number of aromatic nitrogens is 1. The van der Waals surface area contributed by atoms with Crippen LogP contribution < -0.4 is 0 Å². The molecule has 0 aliphatic rings. The predicted octanol–water partition coefficient (Wildman–Crippen LogP) is 4.09. The Kier molecular flexibility index (Phi) is 4.53. The second kappa shape index (κ2) is 5.88. The molecule has 2 rings (SSSR count). The second-order valence-corrected chi connectivity index (χ2v) is 6.97. The summed E-state index contributed by atoms with van der Waals surface area (Å²) in [6.45, 7) is 7.37. The molecule has 0 unspecified atom stereocenters. The number of fused-ring (bicyclic) bond motifs is 1. The Morgan fingerprint density at radius 1 is 1.33 bits per heavy atom. The number of benzene rings is 1. The number of rotatable bonds is 3. The summed E-state index contributed by atoms with van der Waals surface area (Å²) in [6, 6.07) is 7.72. The van der Waals surface area contributed by atoms with Gasteiger partial charge >= 0.3 is 5.97 Å². The molecular weight excluding hydrogens is 381 g/mol. The molecule has 21 heavy (non-hydrogen) atoms. The van der Waals surface area contributed by atoms with Gasteiger partial charge in [-0.3, -0.25) is 4.98 Å². The first-order valence-electron chi connectivity index (χ1n) is 6.66. The molecule has 0 aliphatic heterocycles. The highest BCUT2D eigenvalue weighted by Crippen LogP contribution is 2.33. The number of pyridine rings is 1. The molecule has 1 N–H and O–H groups in total. The third kappa shape index (κ3) is 3.52. The third-order valence-electron chi connectivity index (χ3n) is 3.01. The summed E-state index contributed by atoms with van der Waals surface area (Å²) in [5.74, 6) is -0.997. The van der Waals surface area contributed by atoms with Gasteiger partial charge in [-0.05, 0) is 56.4 Å². The minimum atomic E-state index is -1.02. The number of ether oxygens (including phenoxy) is 1. The minimum absolute atomic E-state index is 0.551. The molecule has 0 spiro atoms. The van der Waals surface area contributed by atoms with Gasteiger partial charge in [-0.15, -0.1) is 0 Å². The van der Waals surface area contributed by atoms with E-state index in [2.05, 4.69) is 27.6 Å². The van der Waals surface area contributed by atoms with Crippen molar-refractivity contribution in [3.05, 3.63) is 39.1 Å². The third-order valence-corrected chi connectivity index (χ3v) is 4.18. The molecule has 0 fully saturated rings. The fourth-order valence-electron chi connectivity index (χ4n) is 2.19. The lowest BCUT2D eigenvalue weighted by Gasteiger charge is -2.27. The number of nitrogens with zero attached hydrogens (tertiary/aromatic N) is 1. The molecule has 4 nitrogen and oxygen atoms in total. The quantitative estimate of drug-likeness (QED) is 0.790. The number of halogens is 1. The van der Waals surface area contributed by atoms with Crippen molar-refractivity contribution >= 4 is 39.5 Å². The summed E-state index contributed by atoms with van der Waals surface area (Å²) < 4.78 is 6.63. The van der Waals surface area contributed by atoms with Crippen molar-refractivity contribution < 1.29 is 14.6 Å². The number of carbonyl (C=O) groups is 1. The van der Waals surface area contributed by atoms with E-state index < -0.39 is 17.7 Å². The average Bonchev–Trinajstić information content (AvgIpc) is 2.36. The summed E-state index contributed by atoms with van der Waals surface area (Å²) in [5.41, 5.74) is 1.64. The van der Waals surface area contributed by atoms with Crippen molar-refractivity contribution in [1.82, 2.24) is 4.98 Å². The van der Waals surface area contributed by atoms with Crippen LogP contribution >= 0.6 is 22.6 Å². The van der Waals surface area contributed by atoms with Crippen LogP contribution in [0, 0.1) is 10.5 Å². The molecule has 0 bridgehead atoms. The fourth-order valence-corrected chi connectivity index (χ4v) is 3.32. The minimum Gasteiger partial charge on any atom is -0.479 e. The van der Waals surface area contributed by atoms with E-state index in [1.165, 1.54) is 0 Å². The van der Waals surface area contributed by atoms with Crippen LogP contribution in [0.25, 0.3) is 10.9 Å². The molecule has 5 heteroatoms. The first kappa shape index (κ1) is 16.2. The van der Waals surface area contributed by atoms with Gasteiger partial charge < -0.3 is 9.84 Å². The van der Waals surface area contributed by atoms with Crippen LogP contribution in [0.15, 0.2) is 24.3 Å². The van der Waals surface area contributed by atoms with E-state index in [1.807, 2.05) is 52.0 Å². The van der Waals surface area contributed by atoms with Crippen LogP contribution in [0.5, 0.6) is 0 Å². The van der Waals surface area contributed by atoms with E-state index in [9.17, 15) is 9.90 Å². The van der Waals surface area contributed by atoms with Gasteiger partial charge in [0.2, 0.25) is 0 Å². The zero-order valence-electron chi connectivity index (χ0n) is 12.5. The smallest absolute Gasteiger partial charge is 0.337 e. The molecule has 2 aromatic rings. The molecular formula is C16H18INO3. The molecule has 1 aromatic carbocycles. The number of para-hydroxylation sites is 1. The lowest BCUT2D eigenvalue weighted by molar-refractivity contribution is -0.160. The summed E-state index contributed by atoms with van der Waals surface area (Å²) in [6.07, 6.45) is -1.02. The molecule has 0 radical (unpaired) electrons. The SMILES string of the molecule is Cc1nc2ccccc2c(I)c1[C@H](OC(C)(C)C)C(=O)O. The first-order chi connectivity index (χ1) is 9.70. The van der Waals surface area contributed by atoms with Crippen LogP contribution in [-0.4, -0.2) is 21.7 Å². The Morgan fingerprint density at radius 3 is 2.52 bits per heavy atom. The highest BCUT2D eigenvalue weighted by atomic mass is 127. The van der Waals surface area contributed by atoms with E-state index in [1.54, 1.807) is 0 Å². The highest BCUT2D eigenvalue weighted by molar-refractivity contribution is 14.1. The van der Waals surface area contributed by atoms with E-state index in [0.717, 1.165) is 14.5 Å². The number of aliphatic carboxylic acids is 1. The van der Waals surface area contributed by atoms with Gasteiger partial charge in [0.25, 0.3) is 0 Å². The lowest BCUT2D eigenvalue weighted by atomic mass is 10.0. The van der Waals surface area contributed by atoms with Gasteiger partial charge in [0.05, 0.1) is 11.1 Å². The molecule has 0 aliphatic carbocycles. The van der Waals surface area contributed by atoms with E-state index >= 15 is 0 Å². The fraction of sp³-hybridized carbons (Fsp3) is 0.375. The van der Waals surface area contributed by atoms with Gasteiger partial charge in [-0.25, -0.2) is 4.79 Å². The summed E-state index contributed by atoms with van der Waals surface area (Å²) >= 11 is 2.18. The van der Waals surface area contributed by atoms with Gasteiger partial charge in [-0.1, -0.05) is 18.2 Å². The number of hydrogen-bond acceptors (Lipinski definition) is 3. The van der Waals surface area contributed by atoms with Crippen LogP contribution in [0.2, 0.25) is 0 Å². The van der Waals surface area contributed by atoms with Crippen molar-refractivity contribution in [2.75, 3.05) is 0 Å². The molecule has 0 amide bonds. The zero-order chi connectivity index (χ0) is 15.8. The van der Waals surface area contributed by atoms with Crippen LogP contribution in [0.1, 0.15) is 38.1 Å². The molecule has 0 saturated heterocycles. The molecule has 1 aromatic heterocycles.